The van der Waals surface area contributed by atoms with Gasteiger partial charge in [0, 0.05) is 19.5 Å². The first-order chi connectivity index (χ1) is 14.5. The van der Waals surface area contributed by atoms with Crippen LogP contribution >= 0.6 is 11.3 Å². The van der Waals surface area contributed by atoms with E-state index in [-0.39, 0.29) is 28.5 Å². The molecular formula is C22H27N3O4S2. The quantitative estimate of drug-likeness (QED) is 0.750. The molecule has 0 saturated carbocycles. The minimum absolute atomic E-state index is 0.0669. The largest absolute Gasteiger partial charge is 0.302 e. The summed E-state index contributed by atoms with van der Waals surface area (Å²) in [6.45, 7) is 6.52. The fraction of sp³-hybridized carbons (Fsp3) is 0.500. The molecule has 1 unspecified atom stereocenters. The van der Waals surface area contributed by atoms with Gasteiger partial charge in [0.05, 0.1) is 21.4 Å². The highest BCUT2D eigenvalue weighted by molar-refractivity contribution is 7.89. The number of nitrogens with one attached hydrogen (secondary N) is 1. The van der Waals surface area contributed by atoms with Gasteiger partial charge in [0.25, 0.3) is 0 Å². The van der Waals surface area contributed by atoms with Gasteiger partial charge in [-0.2, -0.15) is 4.31 Å². The predicted molar refractivity (Wildman–Crippen MR) is 120 cm³/mol. The van der Waals surface area contributed by atoms with Crippen LogP contribution in [-0.2, 0) is 21.2 Å². The molecule has 0 spiro atoms. The third-order valence-corrected chi connectivity index (χ3v) is 8.81. The van der Waals surface area contributed by atoms with E-state index in [4.69, 9.17) is 0 Å². The molecule has 1 N–H and O–H groups in total. The lowest BCUT2D eigenvalue weighted by atomic mass is 9.78. The van der Waals surface area contributed by atoms with Gasteiger partial charge < -0.3 is 5.32 Å². The molecule has 2 aromatic rings. The van der Waals surface area contributed by atoms with Crippen LogP contribution in [0.5, 0.6) is 0 Å². The van der Waals surface area contributed by atoms with Gasteiger partial charge in [-0.25, -0.2) is 13.4 Å². The van der Waals surface area contributed by atoms with Crippen LogP contribution in [0.2, 0.25) is 0 Å². The second-order valence-electron chi connectivity index (χ2n) is 9.24. The zero-order chi connectivity index (χ0) is 22.4. The van der Waals surface area contributed by atoms with Crippen molar-refractivity contribution < 1.29 is 18.0 Å². The molecule has 0 bridgehead atoms. The van der Waals surface area contributed by atoms with Gasteiger partial charge in [-0.3, -0.25) is 9.59 Å². The molecule has 31 heavy (non-hydrogen) atoms. The highest BCUT2D eigenvalue weighted by atomic mass is 32.2. The number of ketones is 1. The average Bonchev–Trinajstić information content (AvgIpc) is 3.09. The minimum Gasteiger partial charge on any atom is -0.302 e. The second kappa shape index (κ2) is 8.11. The van der Waals surface area contributed by atoms with E-state index in [1.165, 1.54) is 15.6 Å². The number of aromatic nitrogens is 1. The standard InChI is InChI=1S/C22H27N3O4S2/c1-14-6-8-16(9-7-14)31(28,29)25-10-4-5-15(13-25)20(27)24-21-23-17-11-22(2,3)12-18(26)19(17)30-21/h6-9,15H,4-5,10-13H2,1-3H3,(H,23,24,27). The topological polar surface area (TPSA) is 96.4 Å². The van der Waals surface area contributed by atoms with Crippen molar-refractivity contribution in [2.75, 3.05) is 18.4 Å². The number of rotatable bonds is 4. The molecule has 1 amide bonds. The Morgan fingerprint density at radius 2 is 1.94 bits per heavy atom. The van der Waals surface area contributed by atoms with Crippen molar-refractivity contribution >= 4 is 38.2 Å². The van der Waals surface area contributed by atoms with Crippen molar-refractivity contribution in [1.29, 1.82) is 0 Å². The number of anilines is 1. The summed E-state index contributed by atoms with van der Waals surface area (Å²) in [5.74, 6) is -0.638. The summed E-state index contributed by atoms with van der Waals surface area (Å²) >= 11 is 1.22. The normalized spacial score (nSPS) is 21.5. The van der Waals surface area contributed by atoms with E-state index in [0.717, 1.165) is 11.3 Å². The molecule has 9 heteroatoms. The average molecular weight is 462 g/mol. The van der Waals surface area contributed by atoms with Crippen LogP contribution < -0.4 is 5.32 Å². The molecule has 0 radical (unpaired) electrons. The van der Waals surface area contributed by atoms with E-state index in [0.29, 0.717) is 42.2 Å². The van der Waals surface area contributed by atoms with Gasteiger partial charge in [-0.15, -0.1) is 0 Å². The van der Waals surface area contributed by atoms with Crippen LogP contribution in [0.3, 0.4) is 0 Å². The monoisotopic (exact) mass is 461 g/mol. The first kappa shape index (κ1) is 22.1. The number of hydrogen-bond donors (Lipinski definition) is 1. The summed E-state index contributed by atoms with van der Waals surface area (Å²) in [5.41, 5.74) is 1.60. The predicted octanol–water partition coefficient (Wildman–Crippen LogP) is 3.65. The number of Topliss-reactive ketones (excluding diaryl/α,β-unsaturated/α-hetero) is 1. The second-order valence-corrected chi connectivity index (χ2v) is 12.2. The highest BCUT2D eigenvalue weighted by Gasteiger charge is 2.36. The number of hydrogen-bond acceptors (Lipinski definition) is 6. The Kier molecular flexibility index (Phi) is 5.78. The van der Waals surface area contributed by atoms with E-state index < -0.39 is 15.9 Å². The lowest BCUT2D eigenvalue weighted by Crippen LogP contribution is -2.43. The molecule has 1 aromatic heterocycles. The first-order valence-corrected chi connectivity index (χ1v) is 12.7. The van der Waals surface area contributed by atoms with Crippen molar-refractivity contribution in [2.45, 2.75) is 51.3 Å². The third-order valence-electron chi connectivity index (χ3n) is 5.88. The number of amides is 1. The molecule has 4 rings (SSSR count). The number of carbonyl (C=O) groups excluding carboxylic acids is 2. The minimum atomic E-state index is -3.64. The Bertz CT molecular complexity index is 1120. The van der Waals surface area contributed by atoms with E-state index in [1.54, 1.807) is 24.3 Å². The number of piperidine rings is 1. The number of thiazole rings is 1. The first-order valence-electron chi connectivity index (χ1n) is 10.5. The Labute approximate surface area is 186 Å². The molecule has 1 atom stereocenters. The maximum atomic E-state index is 13.0. The maximum absolute atomic E-state index is 13.0. The molecular weight excluding hydrogens is 434 g/mol. The Morgan fingerprint density at radius 1 is 1.23 bits per heavy atom. The third kappa shape index (κ3) is 4.58. The van der Waals surface area contributed by atoms with Crippen molar-refractivity contribution in [3.05, 3.63) is 40.4 Å². The molecule has 1 aliphatic carbocycles. The van der Waals surface area contributed by atoms with Gasteiger partial charge in [0.1, 0.15) is 0 Å². The fourth-order valence-electron chi connectivity index (χ4n) is 4.22. The molecule has 1 aliphatic heterocycles. The van der Waals surface area contributed by atoms with E-state index in [9.17, 15) is 18.0 Å². The summed E-state index contributed by atoms with van der Waals surface area (Å²) in [5, 5.41) is 3.25. The molecule has 1 fully saturated rings. The molecule has 166 valence electrons. The lowest BCUT2D eigenvalue weighted by Gasteiger charge is -2.31. The fourth-order valence-corrected chi connectivity index (χ4v) is 6.66. The molecule has 1 aromatic carbocycles. The van der Waals surface area contributed by atoms with Crippen molar-refractivity contribution in [3.63, 3.8) is 0 Å². The number of benzene rings is 1. The summed E-state index contributed by atoms with van der Waals surface area (Å²) in [4.78, 5) is 30.6. The van der Waals surface area contributed by atoms with Crippen LogP contribution in [0.4, 0.5) is 5.13 Å². The zero-order valence-corrected chi connectivity index (χ0v) is 19.6. The van der Waals surface area contributed by atoms with Gasteiger partial charge >= 0.3 is 0 Å². The van der Waals surface area contributed by atoms with E-state index >= 15 is 0 Å². The SMILES string of the molecule is Cc1ccc(S(=O)(=O)N2CCCC(C(=O)Nc3nc4c(s3)C(=O)CC(C)(C)C4)C2)cc1. The summed E-state index contributed by atoms with van der Waals surface area (Å²) < 4.78 is 27.4. The zero-order valence-electron chi connectivity index (χ0n) is 18.0. The van der Waals surface area contributed by atoms with Crippen molar-refractivity contribution in [2.24, 2.45) is 11.3 Å². The van der Waals surface area contributed by atoms with Gasteiger partial charge in [-0.05, 0) is 43.7 Å². The van der Waals surface area contributed by atoms with Crippen molar-refractivity contribution in [3.8, 4) is 0 Å². The van der Waals surface area contributed by atoms with Crippen LogP contribution in [0.25, 0.3) is 0 Å². The molecule has 1 saturated heterocycles. The molecule has 2 aliphatic rings. The molecule has 7 nitrogen and oxygen atoms in total. The van der Waals surface area contributed by atoms with E-state index in [2.05, 4.69) is 10.3 Å². The Hall–Kier alpha value is -2.10. The lowest BCUT2D eigenvalue weighted by molar-refractivity contribution is -0.120. The smallest absolute Gasteiger partial charge is 0.243 e. The Morgan fingerprint density at radius 3 is 2.65 bits per heavy atom. The molecule has 2 heterocycles. The van der Waals surface area contributed by atoms with Gasteiger partial charge in [0.2, 0.25) is 15.9 Å². The highest BCUT2D eigenvalue weighted by Crippen LogP contribution is 2.38. The van der Waals surface area contributed by atoms with Crippen LogP contribution in [0.15, 0.2) is 29.2 Å². The number of aryl methyl sites for hydroxylation is 1. The van der Waals surface area contributed by atoms with Gasteiger partial charge in [0.15, 0.2) is 10.9 Å². The van der Waals surface area contributed by atoms with Crippen LogP contribution in [-0.4, -0.2) is 42.5 Å². The summed E-state index contributed by atoms with van der Waals surface area (Å²) in [6, 6.07) is 6.75. The number of nitrogens with zero attached hydrogens (tertiary/aromatic N) is 2. The number of fused-ring (bicyclic) bond motifs is 1. The van der Waals surface area contributed by atoms with Crippen LogP contribution in [0.1, 0.15) is 54.0 Å². The maximum Gasteiger partial charge on any atom is 0.243 e. The van der Waals surface area contributed by atoms with Crippen molar-refractivity contribution in [1.82, 2.24) is 9.29 Å². The van der Waals surface area contributed by atoms with E-state index in [1.807, 2.05) is 20.8 Å². The number of carbonyl (C=O) groups is 2. The Balaban J connectivity index is 1.46. The van der Waals surface area contributed by atoms with Gasteiger partial charge in [-0.1, -0.05) is 42.9 Å². The number of sulfonamides is 1. The summed E-state index contributed by atoms with van der Waals surface area (Å²) in [7, 11) is -3.64. The summed E-state index contributed by atoms with van der Waals surface area (Å²) in [6.07, 6.45) is 2.41. The van der Waals surface area contributed by atoms with Crippen LogP contribution in [0, 0.1) is 18.3 Å².